The van der Waals surface area contributed by atoms with Crippen LogP contribution in [0, 0.1) is 6.92 Å². The van der Waals surface area contributed by atoms with Gasteiger partial charge in [0.05, 0.1) is 6.54 Å². The standard InChI is InChI=1S/C17H31N5S/c1-5-18-17(20-13-16-14(2)6-11-23-16)19-12-15(3)22-9-7-21(4)8-10-22/h6,11,15H,5,7-10,12-13H2,1-4H3,(H2,18,19,20). The van der Waals surface area contributed by atoms with Crippen molar-refractivity contribution in [3.8, 4) is 0 Å². The highest BCUT2D eigenvalue weighted by Crippen LogP contribution is 2.16. The van der Waals surface area contributed by atoms with Crippen LogP contribution in [0.15, 0.2) is 16.4 Å². The number of piperazine rings is 1. The molecular weight excluding hydrogens is 306 g/mol. The lowest BCUT2D eigenvalue weighted by Crippen LogP contribution is -2.52. The highest BCUT2D eigenvalue weighted by molar-refractivity contribution is 7.10. The van der Waals surface area contributed by atoms with Gasteiger partial charge >= 0.3 is 0 Å². The molecular formula is C17H31N5S. The molecule has 1 aliphatic heterocycles. The van der Waals surface area contributed by atoms with E-state index >= 15 is 0 Å². The van der Waals surface area contributed by atoms with Gasteiger partial charge in [-0.25, -0.2) is 4.99 Å². The first-order chi connectivity index (χ1) is 11.1. The topological polar surface area (TPSA) is 42.9 Å². The van der Waals surface area contributed by atoms with Crippen LogP contribution in [0.5, 0.6) is 0 Å². The molecule has 2 N–H and O–H groups in total. The van der Waals surface area contributed by atoms with Crippen LogP contribution >= 0.6 is 11.3 Å². The summed E-state index contributed by atoms with van der Waals surface area (Å²) < 4.78 is 0. The Bertz CT molecular complexity index is 491. The van der Waals surface area contributed by atoms with E-state index in [1.807, 2.05) is 0 Å². The third-order valence-corrected chi connectivity index (χ3v) is 5.43. The molecule has 1 aromatic rings. The smallest absolute Gasteiger partial charge is 0.191 e. The Balaban J connectivity index is 1.82. The molecule has 0 aromatic carbocycles. The number of aliphatic imine (C=N–C) groups is 1. The van der Waals surface area contributed by atoms with Crippen molar-refractivity contribution in [1.82, 2.24) is 20.4 Å². The number of hydrogen-bond donors (Lipinski definition) is 2. The van der Waals surface area contributed by atoms with Crippen LogP contribution in [0.25, 0.3) is 0 Å². The van der Waals surface area contributed by atoms with Crippen LogP contribution in [-0.2, 0) is 6.54 Å². The summed E-state index contributed by atoms with van der Waals surface area (Å²) >= 11 is 1.78. The third kappa shape index (κ3) is 5.79. The van der Waals surface area contributed by atoms with Gasteiger partial charge in [0.25, 0.3) is 0 Å². The van der Waals surface area contributed by atoms with Gasteiger partial charge < -0.3 is 15.5 Å². The molecule has 2 rings (SSSR count). The fourth-order valence-electron chi connectivity index (χ4n) is 2.69. The lowest BCUT2D eigenvalue weighted by molar-refractivity contribution is 0.120. The number of aryl methyl sites for hydroxylation is 1. The quantitative estimate of drug-likeness (QED) is 0.613. The SMILES string of the molecule is CCNC(=NCc1sccc1C)NCC(C)N1CCN(C)CC1. The number of likely N-dealkylation sites (N-methyl/N-ethyl adjacent to an activating group) is 1. The van der Waals surface area contributed by atoms with Crippen molar-refractivity contribution in [3.63, 3.8) is 0 Å². The first kappa shape index (κ1) is 18.2. The zero-order valence-electron chi connectivity index (χ0n) is 14.9. The summed E-state index contributed by atoms with van der Waals surface area (Å²) in [5.41, 5.74) is 1.33. The van der Waals surface area contributed by atoms with Gasteiger partial charge in [-0.2, -0.15) is 0 Å². The highest BCUT2D eigenvalue weighted by atomic mass is 32.1. The summed E-state index contributed by atoms with van der Waals surface area (Å²) in [6.45, 7) is 13.8. The summed E-state index contributed by atoms with van der Waals surface area (Å²) in [5.74, 6) is 0.918. The molecule has 0 radical (unpaired) electrons. The Labute approximate surface area is 144 Å². The van der Waals surface area contributed by atoms with Gasteiger partial charge in [-0.3, -0.25) is 4.90 Å². The second-order valence-corrected chi connectivity index (χ2v) is 7.29. The summed E-state index contributed by atoms with van der Waals surface area (Å²) in [7, 11) is 2.20. The fourth-order valence-corrected chi connectivity index (χ4v) is 3.52. The van der Waals surface area contributed by atoms with E-state index in [0.717, 1.165) is 51.8 Å². The normalized spacial score (nSPS) is 18.9. The molecule has 130 valence electrons. The molecule has 0 amide bonds. The summed E-state index contributed by atoms with van der Waals surface area (Å²) in [4.78, 5) is 11.0. The first-order valence-electron chi connectivity index (χ1n) is 8.58. The van der Waals surface area contributed by atoms with Crippen molar-refractivity contribution >= 4 is 17.3 Å². The summed E-state index contributed by atoms with van der Waals surface area (Å²) in [5, 5.41) is 8.98. The van der Waals surface area contributed by atoms with Gasteiger partial charge in [0.1, 0.15) is 0 Å². The molecule has 0 aliphatic carbocycles. The number of nitrogens with zero attached hydrogens (tertiary/aromatic N) is 3. The van der Waals surface area contributed by atoms with Crippen molar-refractivity contribution in [2.24, 2.45) is 4.99 Å². The number of rotatable bonds is 6. The molecule has 6 heteroatoms. The molecule has 1 saturated heterocycles. The molecule has 0 saturated carbocycles. The minimum Gasteiger partial charge on any atom is -0.357 e. The Morgan fingerprint density at radius 1 is 1.30 bits per heavy atom. The minimum atomic E-state index is 0.524. The number of guanidine groups is 1. The largest absolute Gasteiger partial charge is 0.357 e. The van der Waals surface area contributed by atoms with E-state index in [9.17, 15) is 0 Å². The fraction of sp³-hybridized carbons (Fsp3) is 0.706. The molecule has 0 spiro atoms. The number of nitrogens with one attached hydrogen (secondary N) is 2. The lowest BCUT2D eigenvalue weighted by Gasteiger charge is -2.36. The van der Waals surface area contributed by atoms with Gasteiger partial charge in [0, 0.05) is 50.2 Å². The molecule has 1 atom stereocenters. The van der Waals surface area contributed by atoms with Gasteiger partial charge in [-0.15, -0.1) is 11.3 Å². The van der Waals surface area contributed by atoms with E-state index in [0.29, 0.717) is 6.04 Å². The maximum absolute atomic E-state index is 4.72. The van der Waals surface area contributed by atoms with E-state index in [4.69, 9.17) is 4.99 Å². The van der Waals surface area contributed by atoms with Crippen LogP contribution in [0.4, 0.5) is 0 Å². The average Bonchev–Trinajstić information content (AvgIpc) is 2.95. The first-order valence-corrected chi connectivity index (χ1v) is 9.46. The average molecular weight is 338 g/mol. The molecule has 1 aromatic heterocycles. The van der Waals surface area contributed by atoms with Gasteiger partial charge in [0.15, 0.2) is 5.96 Å². The van der Waals surface area contributed by atoms with Crippen molar-refractivity contribution in [1.29, 1.82) is 0 Å². The molecule has 5 nitrogen and oxygen atoms in total. The molecule has 23 heavy (non-hydrogen) atoms. The van der Waals surface area contributed by atoms with Crippen LogP contribution < -0.4 is 10.6 Å². The van der Waals surface area contributed by atoms with Crippen molar-refractivity contribution in [3.05, 3.63) is 21.9 Å². The van der Waals surface area contributed by atoms with Crippen LogP contribution in [-0.4, -0.2) is 68.1 Å². The highest BCUT2D eigenvalue weighted by Gasteiger charge is 2.19. The van der Waals surface area contributed by atoms with Crippen molar-refractivity contribution in [2.75, 3.05) is 46.3 Å². The lowest BCUT2D eigenvalue weighted by atomic mass is 10.2. The van der Waals surface area contributed by atoms with E-state index < -0.39 is 0 Å². The second kappa shape index (κ2) is 9.25. The van der Waals surface area contributed by atoms with Gasteiger partial charge in [-0.1, -0.05) is 0 Å². The van der Waals surface area contributed by atoms with Crippen molar-refractivity contribution < 1.29 is 0 Å². The molecule has 1 unspecified atom stereocenters. The minimum absolute atomic E-state index is 0.524. The Kier molecular flexibility index (Phi) is 7.33. The summed E-state index contributed by atoms with van der Waals surface area (Å²) in [6, 6.07) is 2.68. The third-order valence-electron chi connectivity index (χ3n) is 4.42. The molecule has 1 fully saturated rings. The summed E-state index contributed by atoms with van der Waals surface area (Å²) in [6.07, 6.45) is 0. The molecule has 2 heterocycles. The van der Waals surface area contributed by atoms with Crippen LogP contribution in [0.2, 0.25) is 0 Å². The van der Waals surface area contributed by atoms with E-state index in [1.165, 1.54) is 10.4 Å². The predicted molar refractivity (Wildman–Crippen MR) is 100 cm³/mol. The number of thiophene rings is 1. The second-order valence-electron chi connectivity index (χ2n) is 6.29. The van der Waals surface area contributed by atoms with Gasteiger partial charge in [-0.05, 0) is 44.8 Å². The number of hydrogen-bond acceptors (Lipinski definition) is 4. The van der Waals surface area contributed by atoms with E-state index in [2.05, 4.69) is 59.7 Å². The maximum atomic E-state index is 4.72. The Morgan fingerprint density at radius 3 is 2.65 bits per heavy atom. The predicted octanol–water partition coefficient (Wildman–Crippen LogP) is 1.75. The molecule has 1 aliphatic rings. The van der Waals surface area contributed by atoms with Crippen molar-refractivity contribution in [2.45, 2.75) is 33.4 Å². The van der Waals surface area contributed by atoms with E-state index in [1.54, 1.807) is 11.3 Å². The monoisotopic (exact) mass is 337 g/mol. The Hall–Kier alpha value is -1.11. The molecule has 0 bridgehead atoms. The zero-order chi connectivity index (χ0) is 16.7. The maximum Gasteiger partial charge on any atom is 0.191 e. The van der Waals surface area contributed by atoms with Gasteiger partial charge in [0.2, 0.25) is 0 Å². The zero-order valence-corrected chi connectivity index (χ0v) is 15.7. The van der Waals surface area contributed by atoms with Crippen LogP contribution in [0.1, 0.15) is 24.3 Å². The van der Waals surface area contributed by atoms with E-state index in [-0.39, 0.29) is 0 Å². The van der Waals surface area contributed by atoms with Crippen LogP contribution in [0.3, 0.4) is 0 Å². The Morgan fingerprint density at radius 2 is 2.04 bits per heavy atom.